The molecular weight excluding hydrogens is 268 g/mol. The van der Waals surface area contributed by atoms with Crippen molar-refractivity contribution in [1.29, 1.82) is 0 Å². The van der Waals surface area contributed by atoms with Crippen molar-refractivity contribution in [2.24, 2.45) is 0 Å². The molecule has 0 bridgehead atoms. The lowest BCUT2D eigenvalue weighted by Crippen LogP contribution is -2.14. The first-order chi connectivity index (χ1) is 10.3. The van der Waals surface area contributed by atoms with Crippen LogP contribution in [0.1, 0.15) is 36.1 Å². The highest BCUT2D eigenvalue weighted by Crippen LogP contribution is 2.28. The van der Waals surface area contributed by atoms with Crippen LogP contribution in [-0.2, 0) is 6.42 Å². The maximum Gasteiger partial charge on any atom is 0.167 e. The van der Waals surface area contributed by atoms with E-state index >= 15 is 0 Å². The summed E-state index contributed by atoms with van der Waals surface area (Å²) in [5, 5.41) is 10.7. The van der Waals surface area contributed by atoms with Crippen LogP contribution in [0.3, 0.4) is 0 Å². The van der Waals surface area contributed by atoms with Crippen molar-refractivity contribution in [3.63, 3.8) is 0 Å². The van der Waals surface area contributed by atoms with Gasteiger partial charge in [0.2, 0.25) is 0 Å². The minimum Gasteiger partial charge on any atom is -0.493 e. The minimum absolute atomic E-state index is 0.292. The van der Waals surface area contributed by atoms with Gasteiger partial charge in [0.05, 0.1) is 20.3 Å². The number of aromatic nitrogens is 3. The number of ether oxygens (including phenoxy) is 2. The molecule has 1 saturated heterocycles. The van der Waals surface area contributed by atoms with Crippen molar-refractivity contribution < 1.29 is 9.47 Å². The number of nitrogens with zero attached hydrogens (tertiary/aromatic N) is 2. The van der Waals surface area contributed by atoms with E-state index in [1.165, 1.54) is 6.42 Å². The third-order valence-electron chi connectivity index (χ3n) is 3.74. The monoisotopic (exact) mass is 288 g/mol. The average Bonchev–Trinajstić information content (AvgIpc) is 3.17. The molecule has 1 aromatic heterocycles. The molecule has 0 saturated carbocycles. The number of nitrogens with one attached hydrogen (secondary N) is 2. The van der Waals surface area contributed by atoms with E-state index in [9.17, 15) is 0 Å². The van der Waals surface area contributed by atoms with Gasteiger partial charge in [-0.15, -0.1) is 0 Å². The highest BCUT2D eigenvalue weighted by molar-refractivity contribution is 5.43. The molecule has 1 aliphatic heterocycles. The third kappa shape index (κ3) is 3.00. The van der Waals surface area contributed by atoms with E-state index in [1.807, 2.05) is 18.2 Å². The summed E-state index contributed by atoms with van der Waals surface area (Å²) in [6.07, 6.45) is 2.98. The Morgan fingerprint density at radius 3 is 2.81 bits per heavy atom. The smallest absolute Gasteiger partial charge is 0.167 e. The molecule has 1 unspecified atom stereocenters. The number of methoxy groups -OCH3 is 2. The SMILES string of the molecule is COc1ccc(Cc2nc(C3CCCN3)n[nH]2)cc1OC. The van der Waals surface area contributed by atoms with Gasteiger partial charge in [0.25, 0.3) is 0 Å². The molecule has 3 rings (SSSR count). The van der Waals surface area contributed by atoms with E-state index in [0.717, 1.165) is 41.7 Å². The molecule has 0 amide bonds. The van der Waals surface area contributed by atoms with E-state index < -0.39 is 0 Å². The molecule has 2 N–H and O–H groups in total. The standard InChI is InChI=1S/C15H20N4O2/c1-20-12-6-5-10(8-13(12)21-2)9-14-17-15(19-18-14)11-4-3-7-16-11/h5-6,8,11,16H,3-4,7,9H2,1-2H3,(H,17,18,19). The molecule has 2 aromatic rings. The fourth-order valence-corrected chi connectivity index (χ4v) is 2.63. The van der Waals surface area contributed by atoms with Crippen LogP contribution in [-0.4, -0.2) is 35.9 Å². The van der Waals surface area contributed by atoms with Crippen molar-refractivity contribution in [3.8, 4) is 11.5 Å². The quantitative estimate of drug-likeness (QED) is 0.878. The Morgan fingerprint density at radius 2 is 2.10 bits per heavy atom. The molecule has 21 heavy (non-hydrogen) atoms. The average molecular weight is 288 g/mol. The van der Waals surface area contributed by atoms with Crippen LogP contribution >= 0.6 is 0 Å². The normalized spacial score (nSPS) is 17.9. The predicted molar refractivity (Wildman–Crippen MR) is 78.7 cm³/mol. The maximum atomic E-state index is 5.32. The van der Waals surface area contributed by atoms with Crippen LogP contribution in [0.4, 0.5) is 0 Å². The highest BCUT2D eigenvalue weighted by atomic mass is 16.5. The summed E-state index contributed by atoms with van der Waals surface area (Å²) in [6.45, 7) is 1.05. The third-order valence-corrected chi connectivity index (χ3v) is 3.74. The number of H-pyrrole nitrogens is 1. The molecule has 1 aromatic carbocycles. The topological polar surface area (TPSA) is 72.1 Å². The van der Waals surface area contributed by atoms with Crippen LogP contribution in [0.2, 0.25) is 0 Å². The zero-order valence-corrected chi connectivity index (χ0v) is 12.3. The number of aromatic amines is 1. The Bertz CT molecular complexity index is 605. The van der Waals surface area contributed by atoms with Crippen LogP contribution < -0.4 is 14.8 Å². The molecule has 1 aliphatic rings. The summed E-state index contributed by atoms with van der Waals surface area (Å²) >= 11 is 0. The molecule has 6 heteroatoms. The number of hydrogen-bond donors (Lipinski definition) is 2. The first-order valence-electron chi connectivity index (χ1n) is 7.15. The molecule has 1 atom stereocenters. The Balaban J connectivity index is 1.74. The van der Waals surface area contributed by atoms with Crippen molar-refractivity contribution in [1.82, 2.24) is 20.5 Å². The van der Waals surface area contributed by atoms with Crippen molar-refractivity contribution in [2.45, 2.75) is 25.3 Å². The van der Waals surface area contributed by atoms with E-state index in [-0.39, 0.29) is 0 Å². The fraction of sp³-hybridized carbons (Fsp3) is 0.467. The van der Waals surface area contributed by atoms with Crippen LogP contribution in [0, 0.1) is 0 Å². The molecule has 0 radical (unpaired) electrons. The number of rotatable bonds is 5. The first-order valence-corrected chi connectivity index (χ1v) is 7.15. The molecule has 112 valence electrons. The zero-order valence-electron chi connectivity index (χ0n) is 12.3. The van der Waals surface area contributed by atoms with Crippen molar-refractivity contribution in [3.05, 3.63) is 35.4 Å². The zero-order chi connectivity index (χ0) is 14.7. The van der Waals surface area contributed by atoms with Gasteiger partial charge in [0, 0.05) is 6.42 Å². The fourth-order valence-electron chi connectivity index (χ4n) is 2.63. The van der Waals surface area contributed by atoms with Gasteiger partial charge in [0.15, 0.2) is 17.3 Å². The predicted octanol–water partition coefficient (Wildman–Crippen LogP) is 1.84. The Kier molecular flexibility index (Phi) is 4.06. The summed E-state index contributed by atoms with van der Waals surface area (Å²) in [5.41, 5.74) is 1.11. The summed E-state index contributed by atoms with van der Waals surface area (Å²) in [7, 11) is 3.27. The van der Waals surface area contributed by atoms with Gasteiger partial charge in [-0.1, -0.05) is 6.07 Å². The molecule has 0 aliphatic carbocycles. The Hall–Kier alpha value is -2.08. The second-order valence-electron chi connectivity index (χ2n) is 5.16. The largest absolute Gasteiger partial charge is 0.493 e. The molecule has 6 nitrogen and oxygen atoms in total. The lowest BCUT2D eigenvalue weighted by atomic mass is 10.1. The lowest BCUT2D eigenvalue weighted by Gasteiger charge is -2.08. The Labute approximate surface area is 123 Å². The van der Waals surface area contributed by atoms with Crippen molar-refractivity contribution >= 4 is 0 Å². The summed E-state index contributed by atoms with van der Waals surface area (Å²) < 4.78 is 10.6. The second kappa shape index (κ2) is 6.13. The number of benzene rings is 1. The van der Waals surface area contributed by atoms with Gasteiger partial charge < -0.3 is 14.8 Å². The van der Waals surface area contributed by atoms with Gasteiger partial charge >= 0.3 is 0 Å². The van der Waals surface area contributed by atoms with Crippen LogP contribution in [0.5, 0.6) is 11.5 Å². The molecular formula is C15H20N4O2. The van der Waals surface area contributed by atoms with E-state index in [4.69, 9.17) is 9.47 Å². The van der Waals surface area contributed by atoms with Crippen LogP contribution in [0.25, 0.3) is 0 Å². The van der Waals surface area contributed by atoms with E-state index in [1.54, 1.807) is 14.2 Å². The van der Waals surface area contributed by atoms with E-state index in [2.05, 4.69) is 20.5 Å². The van der Waals surface area contributed by atoms with Gasteiger partial charge in [0.1, 0.15) is 5.82 Å². The highest BCUT2D eigenvalue weighted by Gasteiger charge is 2.20. The van der Waals surface area contributed by atoms with Crippen LogP contribution in [0.15, 0.2) is 18.2 Å². The minimum atomic E-state index is 0.292. The number of hydrogen-bond acceptors (Lipinski definition) is 5. The van der Waals surface area contributed by atoms with Gasteiger partial charge in [-0.05, 0) is 37.1 Å². The summed E-state index contributed by atoms with van der Waals surface area (Å²) in [5.74, 6) is 3.19. The maximum absolute atomic E-state index is 5.32. The van der Waals surface area contributed by atoms with Gasteiger partial charge in [-0.3, -0.25) is 5.10 Å². The second-order valence-corrected chi connectivity index (χ2v) is 5.16. The van der Waals surface area contributed by atoms with E-state index in [0.29, 0.717) is 12.5 Å². The molecule has 2 heterocycles. The Morgan fingerprint density at radius 1 is 1.24 bits per heavy atom. The molecule has 1 fully saturated rings. The molecule has 0 spiro atoms. The summed E-state index contributed by atoms with van der Waals surface area (Å²) in [4.78, 5) is 4.58. The van der Waals surface area contributed by atoms with Gasteiger partial charge in [-0.25, -0.2) is 4.98 Å². The summed E-state index contributed by atoms with van der Waals surface area (Å²) in [6, 6.07) is 6.18. The van der Waals surface area contributed by atoms with Crippen molar-refractivity contribution in [2.75, 3.05) is 20.8 Å². The lowest BCUT2D eigenvalue weighted by molar-refractivity contribution is 0.354. The van der Waals surface area contributed by atoms with Gasteiger partial charge in [-0.2, -0.15) is 5.10 Å². The first kappa shape index (κ1) is 13.9.